The van der Waals surface area contributed by atoms with Crippen molar-refractivity contribution in [3.8, 4) is 0 Å². The summed E-state index contributed by atoms with van der Waals surface area (Å²) < 4.78 is 3.42. The van der Waals surface area contributed by atoms with Crippen LogP contribution >= 0.6 is 27.3 Å². The second kappa shape index (κ2) is 8.65. The SMILES string of the molecule is CN(C)CCCN1CCN(C(=O)Cn2c(=O)sc3ccc(Br)cc32)CC1. The van der Waals surface area contributed by atoms with Gasteiger partial charge >= 0.3 is 4.87 Å². The fourth-order valence-corrected chi connectivity index (χ4v) is 4.47. The average Bonchev–Trinajstić information content (AvgIpc) is 2.90. The highest BCUT2D eigenvalue weighted by atomic mass is 79.9. The molecule has 1 aromatic heterocycles. The highest BCUT2D eigenvalue weighted by molar-refractivity contribution is 9.10. The first kappa shape index (κ1) is 19.5. The first-order valence-electron chi connectivity index (χ1n) is 8.88. The van der Waals surface area contributed by atoms with Crippen molar-refractivity contribution in [3.05, 3.63) is 32.3 Å². The summed E-state index contributed by atoms with van der Waals surface area (Å²) in [5.41, 5.74) is 0.824. The van der Waals surface area contributed by atoms with Gasteiger partial charge in [0.1, 0.15) is 6.54 Å². The van der Waals surface area contributed by atoms with Crippen LogP contribution in [0.1, 0.15) is 6.42 Å². The standard InChI is InChI=1S/C18H25BrN4O2S/c1-20(2)6-3-7-21-8-10-22(11-9-21)17(24)13-23-15-12-14(19)4-5-16(15)26-18(23)25/h4-5,12H,3,6-11,13H2,1-2H3. The normalized spacial score (nSPS) is 15.9. The molecule has 1 aliphatic heterocycles. The van der Waals surface area contributed by atoms with Crippen molar-refractivity contribution in [3.63, 3.8) is 0 Å². The molecule has 26 heavy (non-hydrogen) atoms. The second-order valence-corrected chi connectivity index (χ2v) is 8.85. The zero-order valence-corrected chi connectivity index (χ0v) is 17.7. The predicted octanol–water partition coefficient (Wildman–Crippen LogP) is 1.92. The van der Waals surface area contributed by atoms with Crippen LogP contribution in [0, 0.1) is 0 Å². The van der Waals surface area contributed by atoms with Crippen molar-refractivity contribution in [1.82, 2.24) is 19.3 Å². The third-order valence-corrected chi connectivity index (χ3v) is 6.18. The Morgan fingerprint density at radius 1 is 1.23 bits per heavy atom. The third-order valence-electron chi connectivity index (χ3n) is 4.73. The van der Waals surface area contributed by atoms with Crippen LogP contribution in [0.4, 0.5) is 0 Å². The zero-order valence-electron chi connectivity index (χ0n) is 15.3. The number of benzene rings is 1. The van der Waals surface area contributed by atoms with Gasteiger partial charge in [-0.3, -0.25) is 19.1 Å². The number of nitrogens with zero attached hydrogens (tertiary/aromatic N) is 4. The summed E-state index contributed by atoms with van der Waals surface area (Å²) in [4.78, 5) is 31.4. The van der Waals surface area contributed by atoms with E-state index in [0.717, 1.165) is 60.4 Å². The van der Waals surface area contributed by atoms with E-state index in [4.69, 9.17) is 0 Å². The summed E-state index contributed by atoms with van der Waals surface area (Å²) in [5, 5.41) is 0. The molecule has 0 bridgehead atoms. The van der Waals surface area contributed by atoms with Crippen LogP contribution in [0.2, 0.25) is 0 Å². The van der Waals surface area contributed by atoms with Crippen LogP contribution in [0.25, 0.3) is 10.2 Å². The minimum absolute atomic E-state index is 0.0275. The van der Waals surface area contributed by atoms with Gasteiger partial charge < -0.3 is 9.80 Å². The van der Waals surface area contributed by atoms with Gasteiger partial charge in [0, 0.05) is 30.7 Å². The molecule has 1 saturated heterocycles. The Labute approximate surface area is 166 Å². The van der Waals surface area contributed by atoms with E-state index in [1.54, 1.807) is 4.57 Å². The van der Waals surface area contributed by atoms with Gasteiger partial charge in [0.2, 0.25) is 5.91 Å². The lowest BCUT2D eigenvalue weighted by Gasteiger charge is -2.35. The van der Waals surface area contributed by atoms with Gasteiger partial charge in [0.25, 0.3) is 0 Å². The van der Waals surface area contributed by atoms with Gasteiger partial charge in [-0.2, -0.15) is 0 Å². The van der Waals surface area contributed by atoms with Crippen molar-refractivity contribution in [2.45, 2.75) is 13.0 Å². The van der Waals surface area contributed by atoms with Gasteiger partial charge in [-0.1, -0.05) is 27.3 Å². The molecule has 0 unspecified atom stereocenters. The maximum Gasteiger partial charge on any atom is 0.308 e. The molecule has 0 spiro atoms. The largest absolute Gasteiger partial charge is 0.339 e. The van der Waals surface area contributed by atoms with Crippen LogP contribution < -0.4 is 4.87 Å². The number of halogens is 1. The van der Waals surface area contributed by atoms with E-state index in [2.05, 4.69) is 39.8 Å². The highest BCUT2D eigenvalue weighted by Gasteiger charge is 2.22. The Bertz CT molecular complexity index is 824. The molecule has 1 aliphatic rings. The molecule has 2 heterocycles. The number of aromatic nitrogens is 1. The molecule has 1 aromatic carbocycles. The van der Waals surface area contributed by atoms with Crippen molar-refractivity contribution in [2.75, 3.05) is 53.4 Å². The quantitative estimate of drug-likeness (QED) is 0.688. The number of carbonyl (C=O) groups is 1. The monoisotopic (exact) mass is 440 g/mol. The van der Waals surface area contributed by atoms with E-state index < -0.39 is 0 Å². The third kappa shape index (κ3) is 4.73. The molecule has 0 atom stereocenters. The lowest BCUT2D eigenvalue weighted by Crippen LogP contribution is -2.50. The minimum atomic E-state index is -0.0752. The number of rotatable bonds is 6. The predicted molar refractivity (Wildman–Crippen MR) is 110 cm³/mol. The number of carbonyl (C=O) groups excluding carboxylic acids is 1. The molecule has 0 radical (unpaired) electrons. The first-order valence-corrected chi connectivity index (χ1v) is 10.5. The number of thiazole rings is 1. The molecule has 142 valence electrons. The smallest absolute Gasteiger partial charge is 0.308 e. The fraction of sp³-hybridized carbons (Fsp3) is 0.556. The molecule has 0 N–H and O–H groups in total. The average molecular weight is 441 g/mol. The van der Waals surface area contributed by atoms with Gasteiger partial charge in [0.05, 0.1) is 10.2 Å². The van der Waals surface area contributed by atoms with Crippen molar-refractivity contribution in [2.24, 2.45) is 0 Å². The number of amides is 1. The Kier molecular flexibility index (Phi) is 6.50. The molecule has 3 rings (SSSR count). The Hall–Kier alpha value is -1.22. The van der Waals surface area contributed by atoms with Crippen LogP contribution in [-0.4, -0.2) is 78.5 Å². The highest BCUT2D eigenvalue weighted by Crippen LogP contribution is 2.22. The van der Waals surface area contributed by atoms with Crippen molar-refractivity contribution >= 4 is 43.4 Å². The number of fused-ring (bicyclic) bond motifs is 1. The van der Waals surface area contributed by atoms with Crippen LogP contribution in [0.3, 0.4) is 0 Å². The lowest BCUT2D eigenvalue weighted by molar-refractivity contribution is -0.133. The molecule has 1 amide bonds. The molecular formula is C18H25BrN4O2S. The molecule has 8 heteroatoms. The van der Waals surface area contributed by atoms with E-state index in [1.165, 1.54) is 11.3 Å². The van der Waals surface area contributed by atoms with Gasteiger partial charge in [-0.15, -0.1) is 0 Å². The minimum Gasteiger partial charge on any atom is -0.339 e. The second-order valence-electron chi connectivity index (χ2n) is 6.95. The molecular weight excluding hydrogens is 416 g/mol. The summed E-state index contributed by atoms with van der Waals surface area (Å²) >= 11 is 4.63. The van der Waals surface area contributed by atoms with Gasteiger partial charge in [0.15, 0.2) is 0 Å². The number of hydrogen-bond donors (Lipinski definition) is 0. The Morgan fingerprint density at radius 3 is 2.65 bits per heavy atom. The molecule has 2 aromatic rings. The van der Waals surface area contributed by atoms with E-state index in [0.29, 0.717) is 0 Å². The van der Waals surface area contributed by atoms with Crippen LogP contribution in [0.5, 0.6) is 0 Å². The molecule has 0 saturated carbocycles. The number of piperazine rings is 1. The van der Waals surface area contributed by atoms with Crippen LogP contribution in [0.15, 0.2) is 27.5 Å². The number of hydrogen-bond acceptors (Lipinski definition) is 5. The zero-order chi connectivity index (χ0) is 18.7. The van der Waals surface area contributed by atoms with Gasteiger partial charge in [-0.25, -0.2) is 0 Å². The molecule has 6 nitrogen and oxygen atoms in total. The van der Waals surface area contributed by atoms with Crippen LogP contribution in [-0.2, 0) is 11.3 Å². The van der Waals surface area contributed by atoms with Crippen molar-refractivity contribution < 1.29 is 4.79 Å². The van der Waals surface area contributed by atoms with E-state index in [9.17, 15) is 9.59 Å². The summed E-state index contributed by atoms with van der Waals surface area (Å²) in [6, 6.07) is 5.74. The topological polar surface area (TPSA) is 48.8 Å². The first-order chi connectivity index (χ1) is 12.4. The molecule has 0 aliphatic carbocycles. The van der Waals surface area contributed by atoms with Crippen molar-refractivity contribution in [1.29, 1.82) is 0 Å². The maximum atomic E-state index is 12.7. The van der Waals surface area contributed by atoms with E-state index >= 15 is 0 Å². The van der Waals surface area contributed by atoms with Gasteiger partial charge in [-0.05, 0) is 51.8 Å². The summed E-state index contributed by atoms with van der Waals surface area (Å²) in [5.74, 6) is 0.0275. The summed E-state index contributed by atoms with van der Waals surface area (Å²) in [6.45, 7) is 5.57. The molecule has 1 fully saturated rings. The summed E-state index contributed by atoms with van der Waals surface area (Å²) in [7, 11) is 4.18. The Morgan fingerprint density at radius 2 is 1.96 bits per heavy atom. The van der Waals surface area contributed by atoms with E-state index in [-0.39, 0.29) is 17.3 Å². The fourth-order valence-electron chi connectivity index (χ4n) is 3.25. The van der Waals surface area contributed by atoms with E-state index in [1.807, 2.05) is 23.1 Å². The Balaban J connectivity index is 1.58. The maximum absolute atomic E-state index is 12.7. The summed E-state index contributed by atoms with van der Waals surface area (Å²) in [6.07, 6.45) is 1.14. The lowest BCUT2D eigenvalue weighted by atomic mass is 10.2.